The zero-order chi connectivity index (χ0) is 12.1. The molecule has 0 aromatic heterocycles. The van der Waals surface area contributed by atoms with Gasteiger partial charge in [-0.1, -0.05) is 31.9 Å². The van der Waals surface area contributed by atoms with E-state index in [1.807, 2.05) is 12.1 Å². The summed E-state index contributed by atoms with van der Waals surface area (Å²) < 4.78 is 0. The lowest BCUT2D eigenvalue weighted by Crippen LogP contribution is -2.43. The first-order chi connectivity index (χ1) is 8.28. The Bertz CT molecular complexity index is 349. The molecular weight excluding hydrogens is 210 g/mol. The molecule has 0 amide bonds. The molecule has 0 radical (unpaired) electrons. The van der Waals surface area contributed by atoms with Gasteiger partial charge in [0, 0.05) is 12.1 Å². The fourth-order valence-electron chi connectivity index (χ4n) is 2.82. The second-order valence-electron chi connectivity index (χ2n) is 5.15. The van der Waals surface area contributed by atoms with E-state index in [4.69, 9.17) is 0 Å². The smallest absolute Gasteiger partial charge is 0.115 e. The summed E-state index contributed by atoms with van der Waals surface area (Å²) in [5, 5.41) is 13.2. The number of phenols is 1. The summed E-state index contributed by atoms with van der Waals surface area (Å²) in [6.07, 6.45) is 7.50. The van der Waals surface area contributed by atoms with Gasteiger partial charge in [0.2, 0.25) is 0 Å². The molecule has 0 saturated carbocycles. The van der Waals surface area contributed by atoms with Gasteiger partial charge in [-0.2, -0.15) is 0 Å². The molecule has 0 aliphatic carbocycles. The van der Waals surface area contributed by atoms with Crippen molar-refractivity contribution in [3.05, 3.63) is 29.8 Å². The van der Waals surface area contributed by atoms with Gasteiger partial charge in [0.1, 0.15) is 5.75 Å². The van der Waals surface area contributed by atoms with E-state index in [1.165, 1.54) is 37.7 Å². The summed E-state index contributed by atoms with van der Waals surface area (Å²) >= 11 is 0. The number of benzene rings is 1. The maximum atomic E-state index is 9.46. The molecule has 2 atom stereocenters. The van der Waals surface area contributed by atoms with Gasteiger partial charge in [-0.05, 0) is 43.4 Å². The van der Waals surface area contributed by atoms with Crippen LogP contribution >= 0.6 is 0 Å². The molecule has 94 valence electrons. The van der Waals surface area contributed by atoms with Crippen molar-refractivity contribution >= 4 is 0 Å². The second kappa shape index (κ2) is 6.06. The van der Waals surface area contributed by atoms with Gasteiger partial charge >= 0.3 is 0 Å². The number of phenolic OH excluding ortho intramolecular Hbond substituents is 1. The highest BCUT2D eigenvalue weighted by Gasteiger charge is 2.20. The van der Waals surface area contributed by atoms with Gasteiger partial charge in [-0.3, -0.25) is 0 Å². The number of nitrogens with one attached hydrogen (secondary N) is 1. The molecule has 0 unspecified atom stereocenters. The zero-order valence-electron chi connectivity index (χ0n) is 10.7. The Labute approximate surface area is 104 Å². The average Bonchev–Trinajstić information content (AvgIpc) is 2.30. The minimum Gasteiger partial charge on any atom is -0.508 e. The van der Waals surface area contributed by atoms with Gasteiger partial charge in [0.25, 0.3) is 0 Å². The van der Waals surface area contributed by atoms with Crippen LogP contribution in [-0.4, -0.2) is 17.2 Å². The highest BCUT2D eigenvalue weighted by molar-refractivity contribution is 5.27. The summed E-state index contributed by atoms with van der Waals surface area (Å²) in [6.45, 7) is 2.25. The lowest BCUT2D eigenvalue weighted by Gasteiger charge is -2.31. The van der Waals surface area contributed by atoms with Crippen molar-refractivity contribution in [3.8, 4) is 5.75 Å². The van der Waals surface area contributed by atoms with E-state index in [1.54, 1.807) is 6.07 Å². The molecule has 1 fully saturated rings. The molecule has 1 heterocycles. The number of piperidine rings is 1. The highest BCUT2D eigenvalue weighted by atomic mass is 16.3. The Hall–Kier alpha value is -1.02. The van der Waals surface area contributed by atoms with Crippen molar-refractivity contribution < 1.29 is 5.11 Å². The maximum Gasteiger partial charge on any atom is 0.115 e. The van der Waals surface area contributed by atoms with Crippen LogP contribution in [0.25, 0.3) is 0 Å². The molecule has 0 bridgehead atoms. The summed E-state index contributed by atoms with van der Waals surface area (Å²) in [4.78, 5) is 0. The Balaban J connectivity index is 1.90. The van der Waals surface area contributed by atoms with Crippen molar-refractivity contribution in [1.82, 2.24) is 5.32 Å². The van der Waals surface area contributed by atoms with Gasteiger partial charge in [-0.15, -0.1) is 0 Å². The van der Waals surface area contributed by atoms with E-state index in [0.29, 0.717) is 17.8 Å². The summed E-state index contributed by atoms with van der Waals surface area (Å²) in [5.41, 5.74) is 1.24. The van der Waals surface area contributed by atoms with Crippen LogP contribution in [0.1, 0.15) is 44.6 Å². The van der Waals surface area contributed by atoms with Gasteiger partial charge in [0.15, 0.2) is 0 Å². The molecule has 2 rings (SSSR count). The predicted octanol–water partition coefficient (Wildman–Crippen LogP) is 3.25. The Morgan fingerprint density at radius 1 is 1.29 bits per heavy atom. The van der Waals surface area contributed by atoms with Crippen molar-refractivity contribution in [1.29, 1.82) is 0 Å². The minimum atomic E-state index is 0.378. The van der Waals surface area contributed by atoms with E-state index in [2.05, 4.69) is 18.3 Å². The van der Waals surface area contributed by atoms with Crippen molar-refractivity contribution in [2.24, 2.45) is 0 Å². The predicted molar refractivity (Wildman–Crippen MR) is 71.3 cm³/mol. The molecule has 1 aromatic carbocycles. The number of hydrogen-bond donors (Lipinski definition) is 2. The van der Waals surface area contributed by atoms with E-state index in [-0.39, 0.29) is 0 Å². The molecular formula is C15H23NO. The van der Waals surface area contributed by atoms with Crippen LogP contribution < -0.4 is 5.32 Å². The monoisotopic (exact) mass is 233 g/mol. The van der Waals surface area contributed by atoms with Crippen LogP contribution in [-0.2, 0) is 6.42 Å². The van der Waals surface area contributed by atoms with Crippen LogP contribution in [0.5, 0.6) is 5.75 Å². The van der Waals surface area contributed by atoms with Crippen LogP contribution in [0.2, 0.25) is 0 Å². The zero-order valence-corrected chi connectivity index (χ0v) is 10.7. The van der Waals surface area contributed by atoms with E-state index >= 15 is 0 Å². The lowest BCUT2D eigenvalue weighted by molar-refractivity contribution is 0.304. The first-order valence-electron chi connectivity index (χ1n) is 6.82. The molecule has 1 aromatic rings. The van der Waals surface area contributed by atoms with Crippen molar-refractivity contribution in [2.45, 2.75) is 57.5 Å². The van der Waals surface area contributed by atoms with Gasteiger partial charge in [0.05, 0.1) is 0 Å². The summed E-state index contributed by atoms with van der Waals surface area (Å²) in [5.74, 6) is 0.378. The van der Waals surface area contributed by atoms with Crippen LogP contribution in [0, 0.1) is 0 Å². The van der Waals surface area contributed by atoms with Gasteiger partial charge < -0.3 is 10.4 Å². The lowest BCUT2D eigenvalue weighted by atomic mass is 9.92. The fraction of sp³-hybridized carbons (Fsp3) is 0.600. The third kappa shape index (κ3) is 3.74. The highest BCUT2D eigenvalue weighted by Crippen LogP contribution is 2.20. The Morgan fingerprint density at radius 2 is 2.12 bits per heavy atom. The summed E-state index contributed by atoms with van der Waals surface area (Å²) in [7, 11) is 0. The SMILES string of the molecule is CCC[C@@H]1CCC[C@H](Cc2cccc(O)c2)N1. The van der Waals surface area contributed by atoms with Crippen LogP contribution in [0.4, 0.5) is 0 Å². The average molecular weight is 233 g/mol. The topological polar surface area (TPSA) is 32.3 Å². The van der Waals surface area contributed by atoms with Crippen molar-refractivity contribution in [2.75, 3.05) is 0 Å². The van der Waals surface area contributed by atoms with E-state index in [9.17, 15) is 5.11 Å². The molecule has 1 aliphatic rings. The van der Waals surface area contributed by atoms with Crippen molar-refractivity contribution in [3.63, 3.8) is 0 Å². The summed E-state index contributed by atoms with van der Waals surface area (Å²) in [6, 6.07) is 8.93. The number of aromatic hydroxyl groups is 1. The van der Waals surface area contributed by atoms with Gasteiger partial charge in [-0.25, -0.2) is 0 Å². The standard InChI is InChI=1S/C15H23NO/c1-2-5-13-7-4-8-14(16-13)10-12-6-3-9-15(17)11-12/h3,6,9,11,13-14,16-17H,2,4-5,7-8,10H2,1H3/t13-,14-/m1/s1. The minimum absolute atomic E-state index is 0.378. The Morgan fingerprint density at radius 3 is 2.88 bits per heavy atom. The molecule has 2 nitrogen and oxygen atoms in total. The van der Waals surface area contributed by atoms with Crippen LogP contribution in [0.15, 0.2) is 24.3 Å². The fourth-order valence-corrected chi connectivity index (χ4v) is 2.82. The maximum absolute atomic E-state index is 9.46. The van der Waals surface area contributed by atoms with E-state index in [0.717, 1.165) is 6.42 Å². The quantitative estimate of drug-likeness (QED) is 0.836. The molecule has 2 heteroatoms. The second-order valence-corrected chi connectivity index (χ2v) is 5.15. The third-order valence-electron chi connectivity index (χ3n) is 3.61. The Kier molecular flexibility index (Phi) is 4.43. The third-order valence-corrected chi connectivity index (χ3v) is 3.61. The molecule has 0 spiro atoms. The number of hydrogen-bond acceptors (Lipinski definition) is 2. The largest absolute Gasteiger partial charge is 0.508 e. The van der Waals surface area contributed by atoms with Crippen LogP contribution in [0.3, 0.4) is 0 Å². The number of rotatable bonds is 4. The first-order valence-corrected chi connectivity index (χ1v) is 6.82. The molecule has 1 aliphatic heterocycles. The first kappa shape index (κ1) is 12.4. The molecule has 1 saturated heterocycles. The van der Waals surface area contributed by atoms with E-state index < -0.39 is 0 Å². The normalized spacial score (nSPS) is 24.8. The molecule has 17 heavy (non-hydrogen) atoms. The molecule has 2 N–H and O–H groups in total.